The van der Waals surface area contributed by atoms with E-state index in [1.54, 1.807) is 4.90 Å². The minimum absolute atomic E-state index is 0.0960. The van der Waals surface area contributed by atoms with Crippen molar-refractivity contribution in [2.45, 2.75) is 63.7 Å². The Morgan fingerprint density at radius 3 is 2.39 bits per heavy atom. The molecular weight excluding hydrogens is 418 g/mol. The fourth-order valence-corrected chi connectivity index (χ4v) is 5.79. The van der Waals surface area contributed by atoms with Crippen molar-refractivity contribution in [1.29, 1.82) is 0 Å². The summed E-state index contributed by atoms with van der Waals surface area (Å²) in [5, 5.41) is 2.36. The second-order valence-electron chi connectivity index (χ2n) is 10.2. The first-order valence-electron chi connectivity index (χ1n) is 12.4. The molecule has 3 amide bonds. The van der Waals surface area contributed by atoms with E-state index in [-0.39, 0.29) is 24.1 Å². The van der Waals surface area contributed by atoms with Crippen molar-refractivity contribution < 1.29 is 14.4 Å². The summed E-state index contributed by atoms with van der Waals surface area (Å²) in [5.41, 5.74) is 8.85. The van der Waals surface area contributed by atoms with Crippen LogP contribution in [0.15, 0.2) is 18.2 Å². The lowest BCUT2D eigenvalue weighted by molar-refractivity contribution is -0.136. The SMILES string of the molecule is NC1CCN(CC2CCN(Cc3ccc4c(c3)C(=O)N(C3CCC(=O)NC3=O)C4)CC2)CC1. The third-order valence-electron chi connectivity index (χ3n) is 7.85. The summed E-state index contributed by atoms with van der Waals surface area (Å²) in [6.07, 6.45) is 5.36. The zero-order valence-corrected chi connectivity index (χ0v) is 19.3. The molecule has 1 unspecified atom stereocenters. The lowest BCUT2D eigenvalue weighted by Gasteiger charge is -2.37. The van der Waals surface area contributed by atoms with Crippen LogP contribution >= 0.6 is 0 Å². The van der Waals surface area contributed by atoms with Gasteiger partial charge in [0.05, 0.1) is 0 Å². The number of amides is 3. The number of nitrogens with one attached hydrogen (secondary N) is 1. The van der Waals surface area contributed by atoms with Gasteiger partial charge in [0.1, 0.15) is 6.04 Å². The predicted molar refractivity (Wildman–Crippen MR) is 124 cm³/mol. The fraction of sp³-hybridized carbons (Fsp3) is 0.640. The number of nitrogens with two attached hydrogens (primary N) is 1. The number of nitrogens with zero attached hydrogens (tertiary/aromatic N) is 3. The van der Waals surface area contributed by atoms with Crippen LogP contribution in [0.1, 0.15) is 60.0 Å². The van der Waals surface area contributed by atoms with Gasteiger partial charge in [0.15, 0.2) is 0 Å². The van der Waals surface area contributed by atoms with Gasteiger partial charge in [-0.15, -0.1) is 0 Å². The Kier molecular flexibility index (Phi) is 6.49. The highest BCUT2D eigenvalue weighted by molar-refractivity contribution is 6.05. The molecule has 178 valence electrons. The first-order valence-corrected chi connectivity index (χ1v) is 12.4. The summed E-state index contributed by atoms with van der Waals surface area (Å²) in [7, 11) is 0. The third kappa shape index (κ3) is 4.98. The Bertz CT molecular complexity index is 919. The Balaban J connectivity index is 1.14. The van der Waals surface area contributed by atoms with Crippen molar-refractivity contribution in [3.63, 3.8) is 0 Å². The van der Waals surface area contributed by atoms with E-state index in [1.807, 2.05) is 12.1 Å². The van der Waals surface area contributed by atoms with E-state index < -0.39 is 6.04 Å². The number of hydrogen-bond donors (Lipinski definition) is 2. The van der Waals surface area contributed by atoms with Crippen LogP contribution in [0, 0.1) is 5.92 Å². The summed E-state index contributed by atoms with van der Waals surface area (Å²) in [6, 6.07) is 5.98. The number of imide groups is 1. The van der Waals surface area contributed by atoms with E-state index in [0.29, 0.717) is 24.6 Å². The van der Waals surface area contributed by atoms with E-state index in [4.69, 9.17) is 5.73 Å². The molecule has 0 radical (unpaired) electrons. The number of likely N-dealkylation sites (tertiary alicyclic amines) is 2. The van der Waals surface area contributed by atoms with Gasteiger partial charge in [-0.05, 0) is 81.4 Å². The van der Waals surface area contributed by atoms with Crippen LogP contribution in [0.2, 0.25) is 0 Å². The van der Waals surface area contributed by atoms with Gasteiger partial charge in [-0.25, -0.2) is 0 Å². The number of hydrogen-bond acceptors (Lipinski definition) is 6. The molecule has 8 nitrogen and oxygen atoms in total. The summed E-state index contributed by atoms with van der Waals surface area (Å²) in [5.74, 6) is 0.0510. The minimum Gasteiger partial charge on any atom is -0.328 e. The molecule has 0 aliphatic carbocycles. The van der Waals surface area contributed by atoms with E-state index in [0.717, 1.165) is 62.6 Å². The molecule has 1 aromatic carbocycles. The zero-order chi connectivity index (χ0) is 22.9. The maximum absolute atomic E-state index is 13.1. The van der Waals surface area contributed by atoms with E-state index in [9.17, 15) is 14.4 Å². The monoisotopic (exact) mass is 453 g/mol. The summed E-state index contributed by atoms with van der Waals surface area (Å²) < 4.78 is 0. The van der Waals surface area contributed by atoms with Crippen molar-refractivity contribution in [2.24, 2.45) is 11.7 Å². The van der Waals surface area contributed by atoms with Gasteiger partial charge in [-0.2, -0.15) is 0 Å². The largest absolute Gasteiger partial charge is 0.328 e. The zero-order valence-electron chi connectivity index (χ0n) is 19.3. The summed E-state index contributed by atoms with van der Waals surface area (Å²) in [6.45, 7) is 6.94. The van der Waals surface area contributed by atoms with Crippen LogP contribution in [0.25, 0.3) is 0 Å². The first-order chi connectivity index (χ1) is 16.0. The highest BCUT2D eigenvalue weighted by Crippen LogP contribution is 2.29. The van der Waals surface area contributed by atoms with Crippen LogP contribution in [0.3, 0.4) is 0 Å². The van der Waals surface area contributed by atoms with Gasteiger partial charge in [0, 0.05) is 37.7 Å². The average molecular weight is 454 g/mol. The smallest absolute Gasteiger partial charge is 0.255 e. The molecule has 3 fully saturated rings. The van der Waals surface area contributed by atoms with Crippen LogP contribution in [0.4, 0.5) is 0 Å². The van der Waals surface area contributed by atoms with E-state index in [2.05, 4.69) is 21.2 Å². The molecule has 4 aliphatic heterocycles. The highest BCUT2D eigenvalue weighted by atomic mass is 16.2. The average Bonchev–Trinajstić information content (AvgIpc) is 3.12. The predicted octanol–water partition coefficient (Wildman–Crippen LogP) is 1.08. The number of piperidine rings is 3. The maximum Gasteiger partial charge on any atom is 0.255 e. The van der Waals surface area contributed by atoms with Gasteiger partial charge in [-0.3, -0.25) is 24.6 Å². The summed E-state index contributed by atoms with van der Waals surface area (Å²) in [4.78, 5) is 43.4. The van der Waals surface area contributed by atoms with Crippen molar-refractivity contribution in [2.75, 3.05) is 32.7 Å². The molecule has 0 bridgehead atoms. The topological polar surface area (TPSA) is 99.0 Å². The Labute approximate surface area is 195 Å². The molecule has 4 aliphatic rings. The van der Waals surface area contributed by atoms with Crippen LogP contribution in [0.5, 0.6) is 0 Å². The van der Waals surface area contributed by atoms with Gasteiger partial charge < -0.3 is 15.5 Å². The van der Waals surface area contributed by atoms with Crippen LogP contribution in [-0.2, 0) is 22.7 Å². The fourth-order valence-electron chi connectivity index (χ4n) is 5.79. The van der Waals surface area contributed by atoms with Crippen molar-refractivity contribution in [3.05, 3.63) is 34.9 Å². The standard InChI is InChI=1S/C25H35N5O3/c26-20-7-11-29(12-8-20)14-17-5-9-28(10-6-17)15-18-1-2-19-16-30(25(33)21(19)13-18)22-3-4-23(31)27-24(22)32/h1-2,13,17,20,22H,3-12,14-16,26H2,(H,27,31,32). The molecule has 0 saturated carbocycles. The molecule has 3 saturated heterocycles. The third-order valence-corrected chi connectivity index (χ3v) is 7.85. The van der Waals surface area contributed by atoms with Crippen molar-refractivity contribution in [1.82, 2.24) is 20.0 Å². The van der Waals surface area contributed by atoms with Crippen molar-refractivity contribution >= 4 is 17.7 Å². The van der Waals surface area contributed by atoms with Gasteiger partial charge in [0.25, 0.3) is 5.91 Å². The molecule has 0 aromatic heterocycles. The van der Waals surface area contributed by atoms with E-state index >= 15 is 0 Å². The molecule has 4 heterocycles. The lowest BCUT2D eigenvalue weighted by atomic mass is 9.94. The Hall–Kier alpha value is -2.29. The number of rotatable bonds is 5. The first kappa shape index (κ1) is 22.5. The van der Waals surface area contributed by atoms with Crippen molar-refractivity contribution in [3.8, 4) is 0 Å². The minimum atomic E-state index is -0.555. The van der Waals surface area contributed by atoms with Gasteiger partial charge in [0.2, 0.25) is 11.8 Å². The normalized spacial score (nSPS) is 26.0. The van der Waals surface area contributed by atoms with Gasteiger partial charge >= 0.3 is 0 Å². The molecule has 5 rings (SSSR count). The number of carbonyl (C=O) groups excluding carboxylic acids is 3. The highest BCUT2D eigenvalue weighted by Gasteiger charge is 2.39. The second-order valence-corrected chi connectivity index (χ2v) is 10.2. The Morgan fingerprint density at radius 1 is 0.939 bits per heavy atom. The molecule has 0 spiro atoms. The molecule has 1 aromatic rings. The number of carbonyl (C=O) groups is 3. The summed E-state index contributed by atoms with van der Waals surface area (Å²) >= 11 is 0. The Morgan fingerprint density at radius 2 is 1.67 bits per heavy atom. The molecule has 8 heteroatoms. The van der Waals surface area contributed by atoms with Crippen LogP contribution < -0.4 is 11.1 Å². The molecule has 33 heavy (non-hydrogen) atoms. The maximum atomic E-state index is 13.1. The molecule has 1 atom stereocenters. The quantitative estimate of drug-likeness (QED) is 0.648. The van der Waals surface area contributed by atoms with E-state index in [1.165, 1.54) is 19.4 Å². The number of fused-ring (bicyclic) bond motifs is 1. The van der Waals surface area contributed by atoms with Gasteiger partial charge in [-0.1, -0.05) is 12.1 Å². The van der Waals surface area contributed by atoms with Crippen LogP contribution in [-0.4, -0.2) is 77.2 Å². The molecule has 3 N–H and O–H groups in total. The number of benzene rings is 1. The second kappa shape index (κ2) is 9.52. The molecular formula is C25H35N5O3. The lowest BCUT2D eigenvalue weighted by Crippen LogP contribution is -2.52.